The number of carbonyl (C=O) groups excluding carboxylic acids is 2. The molecule has 2 bridgehead atoms. The Hall–Kier alpha value is -2.89. The van der Waals surface area contributed by atoms with Gasteiger partial charge in [-0.25, -0.2) is 4.39 Å². The second-order valence-electron chi connectivity index (χ2n) is 8.52. The van der Waals surface area contributed by atoms with Crippen molar-refractivity contribution in [2.45, 2.75) is 37.9 Å². The second kappa shape index (κ2) is 6.87. The van der Waals surface area contributed by atoms with Crippen molar-refractivity contribution in [1.82, 2.24) is 10.6 Å². The number of halogens is 1. The average Bonchev–Trinajstić information content (AvgIpc) is 2.72. The van der Waals surface area contributed by atoms with Crippen LogP contribution in [-0.2, 0) is 11.3 Å². The van der Waals surface area contributed by atoms with Crippen LogP contribution in [0, 0.1) is 23.6 Å². The normalized spacial score (nSPS) is 29.7. The molecule has 4 atom stereocenters. The van der Waals surface area contributed by atoms with Crippen LogP contribution in [0.1, 0.15) is 41.6 Å². The SMILES string of the molecule is O=C1N[C@@]2(CC3CCC2CC3C(=O)NCc2cccc(F)c2)Nc2ccccc21. The van der Waals surface area contributed by atoms with E-state index in [0.29, 0.717) is 12.1 Å². The summed E-state index contributed by atoms with van der Waals surface area (Å²) in [6.45, 7) is 0.331. The highest BCUT2D eigenvalue weighted by molar-refractivity contribution is 6.02. The molecule has 6 heteroatoms. The van der Waals surface area contributed by atoms with E-state index in [-0.39, 0.29) is 35.4 Å². The first-order valence-electron chi connectivity index (χ1n) is 10.3. The molecule has 4 aliphatic rings. The summed E-state index contributed by atoms with van der Waals surface area (Å²) >= 11 is 0. The summed E-state index contributed by atoms with van der Waals surface area (Å²) in [5, 5.41) is 9.80. The fourth-order valence-corrected chi connectivity index (χ4v) is 5.43. The van der Waals surface area contributed by atoms with Gasteiger partial charge in [0, 0.05) is 24.1 Å². The molecule has 0 saturated heterocycles. The van der Waals surface area contributed by atoms with Crippen molar-refractivity contribution in [3.63, 3.8) is 0 Å². The van der Waals surface area contributed by atoms with E-state index in [1.165, 1.54) is 12.1 Å². The number of rotatable bonds is 3. The molecule has 3 unspecified atom stereocenters. The lowest BCUT2D eigenvalue weighted by atomic mass is 9.58. The van der Waals surface area contributed by atoms with Crippen LogP contribution in [0.3, 0.4) is 0 Å². The van der Waals surface area contributed by atoms with Gasteiger partial charge in [0.15, 0.2) is 0 Å². The van der Waals surface area contributed by atoms with Crippen LogP contribution in [0.2, 0.25) is 0 Å². The van der Waals surface area contributed by atoms with Gasteiger partial charge in [-0.15, -0.1) is 0 Å². The first kappa shape index (κ1) is 18.2. The Balaban J connectivity index is 1.29. The van der Waals surface area contributed by atoms with Crippen molar-refractivity contribution in [2.24, 2.45) is 17.8 Å². The molecule has 2 aromatic rings. The maximum Gasteiger partial charge on any atom is 0.255 e. The fraction of sp³-hybridized carbons (Fsp3) is 0.391. The number of anilines is 1. The van der Waals surface area contributed by atoms with Crippen molar-refractivity contribution in [3.8, 4) is 0 Å². The van der Waals surface area contributed by atoms with Gasteiger partial charge < -0.3 is 16.0 Å². The lowest BCUT2D eigenvalue weighted by molar-refractivity contribution is -0.132. The van der Waals surface area contributed by atoms with Crippen LogP contribution in [-0.4, -0.2) is 17.5 Å². The number of carbonyl (C=O) groups is 2. The molecule has 0 aromatic heterocycles. The zero-order valence-electron chi connectivity index (χ0n) is 16.1. The minimum Gasteiger partial charge on any atom is -0.362 e. The molecule has 0 radical (unpaired) electrons. The quantitative estimate of drug-likeness (QED) is 0.748. The van der Waals surface area contributed by atoms with Crippen LogP contribution in [0.5, 0.6) is 0 Å². The molecule has 5 nitrogen and oxygen atoms in total. The summed E-state index contributed by atoms with van der Waals surface area (Å²) in [7, 11) is 0. The van der Waals surface area contributed by atoms with Crippen LogP contribution in [0.15, 0.2) is 48.5 Å². The number of hydrogen-bond acceptors (Lipinski definition) is 3. The van der Waals surface area contributed by atoms with E-state index in [4.69, 9.17) is 0 Å². The minimum absolute atomic E-state index is 0.0290. The van der Waals surface area contributed by atoms with Gasteiger partial charge in [0.2, 0.25) is 5.91 Å². The third-order valence-corrected chi connectivity index (χ3v) is 6.83. The molecule has 3 fully saturated rings. The Bertz CT molecular complexity index is 978. The van der Waals surface area contributed by atoms with Gasteiger partial charge in [-0.3, -0.25) is 9.59 Å². The van der Waals surface area contributed by atoms with E-state index in [2.05, 4.69) is 16.0 Å². The molecule has 6 rings (SSSR count). The number of para-hydroxylation sites is 1. The Morgan fingerprint density at radius 1 is 1.14 bits per heavy atom. The van der Waals surface area contributed by atoms with Crippen molar-refractivity contribution >= 4 is 17.5 Å². The van der Waals surface area contributed by atoms with Crippen LogP contribution >= 0.6 is 0 Å². The predicted molar refractivity (Wildman–Crippen MR) is 107 cm³/mol. The smallest absolute Gasteiger partial charge is 0.255 e. The fourth-order valence-electron chi connectivity index (χ4n) is 5.43. The molecule has 2 amide bonds. The highest BCUT2D eigenvalue weighted by atomic mass is 19.1. The summed E-state index contributed by atoms with van der Waals surface area (Å²) in [5.74, 6) is 0.0410. The molecule has 2 aromatic carbocycles. The molecular formula is C23H24FN3O2. The standard InChI is InChI=1S/C23H24FN3O2/c24-17-5-3-4-14(10-17)13-25-21(28)19-11-16-9-8-15(19)12-23(16)26-20-7-2-1-6-18(20)22(29)27-23/h1-7,10,15-16,19,26H,8-9,11-13H2,(H,25,28)(H,27,29)/t15?,16?,19?,23-/m1/s1. The number of amides is 2. The van der Waals surface area contributed by atoms with E-state index >= 15 is 0 Å². The average molecular weight is 393 g/mol. The van der Waals surface area contributed by atoms with Gasteiger partial charge in [-0.2, -0.15) is 0 Å². The summed E-state index contributed by atoms with van der Waals surface area (Å²) in [6, 6.07) is 13.9. The molecular weight excluding hydrogens is 369 g/mol. The maximum absolute atomic E-state index is 13.4. The molecule has 3 aliphatic carbocycles. The largest absolute Gasteiger partial charge is 0.362 e. The number of hydrogen-bond donors (Lipinski definition) is 3. The zero-order valence-corrected chi connectivity index (χ0v) is 16.1. The molecule has 3 saturated carbocycles. The third-order valence-electron chi connectivity index (χ3n) is 6.83. The van der Waals surface area contributed by atoms with Gasteiger partial charge in [0.05, 0.1) is 5.56 Å². The number of benzene rings is 2. The Morgan fingerprint density at radius 3 is 2.79 bits per heavy atom. The lowest BCUT2D eigenvalue weighted by Gasteiger charge is -2.56. The maximum atomic E-state index is 13.4. The van der Waals surface area contributed by atoms with Gasteiger partial charge in [-0.1, -0.05) is 24.3 Å². The van der Waals surface area contributed by atoms with E-state index < -0.39 is 5.66 Å². The summed E-state index contributed by atoms with van der Waals surface area (Å²) in [4.78, 5) is 25.5. The van der Waals surface area contributed by atoms with Gasteiger partial charge >= 0.3 is 0 Å². The summed E-state index contributed by atoms with van der Waals surface area (Å²) in [5.41, 5.74) is 1.83. The van der Waals surface area contributed by atoms with Crippen molar-refractivity contribution in [3.05, 3.63) is 65.5 Å². The molecule has 3 N–H and O–H groups in total. The monoisotopic (exact) mass is 393 g/mol. The summed E-state index contributed by atoms with van der Waals surface area (Å²) in [6.07, 6.45) is 3.47. The minimum atomic E-state index is -0.465. The van der Waals surface area contributed by atoms with E-state index in [1.807, 2.05) is 30.3 Å². The predicted octanol–water partition coefficient (Wildman–Crippen LogP) is 3.43. The van der Waals surface area contributed by atoms with Crippen molar-refractivity contribution in [2.75, 3.05) is 5.32 Å². The zero-order chi connectivity index (χ0) is 20.0. The topological polar surface area (TPSA) is 70.2 Å². The first-order valence-corrected chi connectivity index (χ1v) is 10.3. The lowest BCUT2D eigenvalue weighted by Crippen LogP contribution is -2.68. The van der Waals surface area contributed by atoms with Crippen LogP contribution in [0.25, 0.3) is 0 Å². The van der Waals surface area contributed by atoms with Crippen molar-refractivity contribution in [1.29, 1.82) is 0 Å². The third kappa shape index (κ3) is 3.16. The Labute approximate surface area is 169 Å². The molecule has 150 valence electrons. The summed E-state index contributed by atoms with van der Waals surface area (Å²) < 4.78 is 13.4. The molecule has 1 aliphatic heterocycles. The Morgan fingerprint density at radius 2 is 2.00 bits per heavy atom. The molecule has 1 spiro atoms. The van der Waals surface area contributed by atoms with E-state index in [1.54, 1.807) is 6.07 Å². The van der Waals surface area contributed by atoms with Gasteiger partial charge in [0.25, 0.3) is 5.91 Å². The van der Waals surface area contributed by atoms with Crippen LogP contribution in [0.4, 0.5) is 10.1 Å². The van der Waals surface area contributed by atoms with E-state index in [0.717, 1.165) is 36.9 Å². The van der Waals surface area contributed by atoms with Crippen molar-refractivity contribution < 1.29 is 14.0 Å². The molecule has 29 heavy (non-hydrogen) atoms. The first-order chi connectivity index (χ1) is 14.0. The van der Waals surface area contributed by atoms with Crippen LogP contribution < -0.4 is 16.0 Å². The highest BCUT2D eigenvalue weighted by Crippen LogP contribution is 2.51. The highest BCUT2D eigenvalue weighted by Gasteiger charge is 2.55. The number of nitrogens with one attached hydrogen (secondary N) is 3. The second-order valence-corrected chi connectivity index (χ2v) is 8.52. The van der Waals surface area contributed by atoms with E-state index in [9.17, 15) is 14.0 Å². The number of fused-ring (bicyclic) bond motifs is 3. The van der Waals surface area contributed by atoms with Gasteiger partial charge in [-0.05, 0) is 61.4 Å². The molecule has 1 heterocycles. The Kier molecular flexibility index (Phi) is 4.30. The van der Waals surface area contributed by atoms with Gasteiger partial charge in [0.1, 0.15) is 11.5 Å².